The van der Waals surface area contributed by atoms with Crippen molar-refractivity contribution in [3.8, 4) is 0 Å². The van der Waals surface area contributed by atoms with Crippen LogP contribution in [-0.2, 0) is 0 Å². The van der Waals surface area contributed by atoms with Crippen LogP contribution in [0.3, 0.4) is 0 Å². The normalized spacial score (nSPS) is 13.8. The van der Waals surface area contributed by atoms with Gasteiger partial charge in [0.05, 0.1) is 11.6 Å². The molecule has 0 aliphatic carbocycles. The zero-order valence-electron chi connectivity index (χ0n) is 9.19. The van der Waals surface area contributed by atoms with Crippen molar-refractivity contribution in [3.05, 3.63) is 40.8 Å². The van der Waals surface area contributed by atoms with Gasteiger partial charge in [0.2, 0.25) is 0 Å². The number of fused-ring (bicyclic) bond motifs is 1. The predicted molar refractivity (Wildman–Crippen MR) is 60.1 cm³/mol. The lowest BCUT2D eigenvalue weighted by atomic mass is 10.2. The van der Waals surface area contributed by atoms with Crippen LogP contribution in [-0.4, -0.2) is 22.5 Å². The molecule has 1 heterocycles. The first-order valence-corrected chi connectivity index (χ1v) is 5.18. The molecule has 1 aromatic heterocycles. The van der Waals surface area contributed by atoms with Gasteiger partial charge in [-0.15, -0.1) is 0 Å². The third kappa shape index (κ3) is 2.08. The number of halogens is 3. The highest BCUT2D eigenvalue weighted by molar-refractivity contribution is 5.80. The van der Waals surface area contributed by atoms with E-state index in [0.717, 1.165) is 0 Å². The molecule has 96 valence electrons. The predicted octanol–water partition coefficient (Wildman–Crippen LogP) is 1.46. The van der Waals surface area contributed by atoms with Gasteiger partial charge >= 0.3 is 6.18 Å². The van der Waals surface area contributed by atoms with Crippen LogP contribution in [0.2, 0.25) is 0 Å². The van der Waals surface area contributed by atoms with E-state index in [1.807, 2.05) is 0 Å². The van der Waals surface area contributed by atoms with Gasteiger partial charge in [-0.25, -0.2) is 4.68 Å². The number of hydrogen-bond acceptors (Lipinski definition) is 3. The molecule has 0 aliphatic rings. The Hall–Kier alpha value is -1.89. The van der Waals surface area contributed by atoms with Gasteiger partial charge in [-0.3, -0.25) is 4.79 Å². The fraction of sp³-hybridized carbons (Fsp3) is 0.273. The van der Waals surface area contributed by atoms with Gasteiger partial charge in [-0.2, -0.15) is 18.3 Å². The molecule has 0 radical (unpaired) electrons. The van der Waals surface area contributed by atoms with Gasteiger partial charge in [0, 0.05) is 11.9 Å². The van der Waals surface area contributed by atoms with E-state index >= 15 is 0 Å². The molecule has 0 saturated carbocycles. The number of rotatable bonds is 2. The molecule has 2 N–H and O–H groups in total. The second kappa shape index (κ2) is 4.41. The van der Waals surface area contributed by atoms with Crippen LogP contribution in [0.1, 0.15) is 6.04 Å². The highest BCUT2D eigenvalue weighted by atomic mass is 19.4. The molecule has 0 aliphatic heterocycles. The monoisotopic (exact) mass is 257 g/mol. The summed E-state index contributed by atoms with van der Waals surface area (Å²) in [7, 11) is 0. The molecule has 0 saturated heterocycles. The number of nitrogens with zero attached hydrogens (tertiary/aromatic N) is 2. The van der Waals surface area contributed by atoms with Gasteiger partial charge < -0.3 is 5.73 Å². The number of hydrogen-bond donors (Lipinski definition) is 1. The van der Waals surface area contributed by atoms with Crippen molar-refractivity contribution in [1.29, 1.82) is 0 Å². The zero-order valence-corrected chi connectivity index (χ0v) is 9.19. The van der Waals surface area contributed by atoms with Crippen LogP contribution in [0.25, 0.3) is 10.8 Å². The largest absolute Gasteiger partial charge is 0.412 e. The first kappa shape index (κ1) is 12.6. The van der Waals surface area contributed by atoms with E-state index in [1.165, 1.54) is 12.3 Å². The molecule has 7 heteroatoms. The SMILES string of the molecule is NCC(n1ncc2ccccc2c1=O)C(F)(F)F. The lowest BCUT2D eigenvalue weighted by Crippen LogP contribution is -2.40. The van der Waals surface area contributed by atoms with Crippen molar-refractivity contribution < 1.29 is 13.2 Å². The summed E-state index contributed by atoms with van der Waals surface area (Å²) in [4.78, 5) is 11.9. The standard InChI is InChI=1S/C11H10F3N3O/c12-11(13,14)9(5-15)17-10(18)8-4-2-1-3-7(8)6-16-17/h1-4,6,9H,5,15H2. The quantitative estimate of drug-likeness (QED) is 0.886. The number of nitrogens with two attached hydrogens (primary N) is 1. The van der Waals surface area contributed by atoms with Gasteiger partial charge in [-0.1, -0.05) is 18.2 Å². The minimum Gasteiger partial charge on any atom is -0.328 e. The Labute approximate surface area is 99.8 Å². The maximum atomic E-state index is 12.7. The van der Waals surface area contributed by atoms with Crippen LogP contribution in [0.5, 0.6) is 0 Å². The van der Waals surface area contributed by atoms with E-state index in [0.29, 0.717) is 10.1 Å². The summed E-state index contributed by atoms with van der Waals surface area (Å²) in [5, 5.41) is 4.24. The molecule has 2 aromatic rings. The first-order valence-electron chi connectivity index (χ1n) is 5.18. The van der Waals surface area contributed by atoms with Crippen molar-refractivity contribution in [2.24, 2.45) is 5.73 Å². The summed E-state index contributed by atoms with van der Waals surface area (Å²) in [6.07, 6.45) is -3.38. The van der Waals surface area contributed by atoms with E-state index in [4.69, 9.17) is 5.73 Å². The highest BCUT2D eigenvalue weighted by Crippen LogP contribution is 2.28. The first-order chi connectivity index (χ1) is 8.45. The van der Waals surface area contributed by atoms with Crippen LogP contribution in [0, 0.1) is 0 Å². The minimum atomic E-state index is -4.60. The molecule has 0 spiro atoms. The minimum absolute atomic E-state index is 0.190. The van der Waals surface area contributed by atoms with E-state index < -0.39 is 24.3 Å². The van der Waals surface area contributed by atoms with Crippen LogP contribution in [0.4, 0.5) is 13.2 Å². The lowest BCUT2D eigenvalue weighted by Gasteiger charge is -2.19. The third-order valence-electron chi connectivity index (χ3n) is 2.62. The highest BCUT2D eigenvalue weighted by Gasteiger charge is 2.41. The van der Waals surface area contributed by atoms with E-state index in [2.05, 4.69) is 5.10 Å². The Bertz CT molecular complexity index is 621. The van der Waals surface area contributed by atoms with E-state index in [1.54, 1.807) is 18.2 Å². The number of aromatic nitrogens is 2. The maximum absolute atomic E-state index is 12.7. The lowest BCUT2D eigenvalue weighted by molar-refractivity contribution is -0.168. The fourth-order valence-corrected chi connectivity index (χ4v) is 1.70. The molecule has 1 unspecified atom stereocenters. The summed E-state index contributed by atoms with van der Waals surface area (Å²) in [6.45, 7) is -0.727. The van der Waals surface area contributed by atoms with Gasteiger partial charge in [-0.05, 0) is 6.07 Å². The molecule has 0 amide bonds. The molecule has 1 aromatic carbocycles. The Morgan fingerprint density at radius 3 is 2.61 bits per heavy atom. The van der Waals surface area contributed by atoms with Crippen molar-refractivity contribution in [1.82, 2.24) is 9.78 Å². The van der Waals surface area contributed by atoms with Gasteiger partial charge in [0.1, 0.15) is 0 Å². The van der Waals surface area contributed by atoms with Crippen LogP contribution < -0.4 is 11.3 Å². The zero-order chi connectivity index (χ0) is 13.3. The summed E-state index contributed by atoms with van der Waals surface area (Å²) in [6, 6.07) is 4.23. The molecule has 4 nitrogen and oxygen atoms in total. The Kier molecular flexibility index (Phi) is 3.08. The molecular formula is C11H10F3N3O. The number of alkyl halides is 3. The Morgan fingerprint density at radius 2 is 2.00 bits per heavy atom. The van der Waals surface area contributed by atoms with Crippen molar-refractivity contribution >= 4 is 10.8 Å². The van der Waals surface area contributed by atoms with Gasteiger partial charge in [0.25, 0.3) is 5.56 Å². The second-order valence-corrected chi connectivity index (χ2v) is 3.77. The van der Waals surface area contributed by atoms with Crippen LogP contribution in [0.15, 0.2) is 35.3 Å². The summed E-state index contributed by atoms with van der Waals surface area (Å²) in [5.41, 5.74) is 4.29. The van der Waals surface area contributed by atoms with Crippen molar-refractivity contribution in [2.75, 3.05) is 6.54 Å². The van der Waals surface area contributed by atoms with E-state index in [9.17, 15) is 18.0 Å². The van der Waals surface area contributed by atoms with Crippen molar-refractivity contribution in [3.63, 3.8) is 0 Å². The summed E-state index contributed by atoms with van der Waals surface area (Å²) >= 11 is 0. The molecule has 18 heavy (non-hydrogen) atoms. The average molecular weight is 257 g/mol. The summed E-state index contributed by atoms with van der Waals surface area (Å²) < 4.78 is 38.5. The third-order valence-corrected chi connectivity index (χ3v) is 2.62. The second-order valence-electron chi connectivity index (χ2n) is 3.77. The Balaban J connectivity index is 2.66. The maximum Gasteiger partial charge on any atom is 0.412 e. The average Bonchev–Trinajstić information content (AvgIpc) is 2.32. The van der Waals surface area contributed by atoms with E-state index in [-0.39, 0.29) is 5.39 Å². The molecule has 0 fully saturated rings. The molecule has 1 atom stereocenters. The van der Waals surface area contributed by atoms with Crippen molar-refractivity contribution in [2.45, 2.75) is 12.2 Å². The van der Waals surface area contributed by atoms with Crippen LogP contribution >= 0.6 is 0 Å². The Morgan fingerprint density at radius 1 is 1.33 bits per heavy atom. The number of benzene rings is 1. The smallest absolute Gasteiger partial charge is 0.328 e. The molecular weight excluding hydrogens is 247 g/mol. The topological polar surface area (TPSA) is 60.9 Å². The molecule has 2 rings (SSSR count). The summed E-state index contributed by atoms with van der Waals surface area (Å²) in [5.74, 6) is 0. The molecule has 0 bridgehead atoms. The van der Waals surface area contributed by atoms with Gasteiger partial charge in [0.15, 0.2) is 6.04 Å². The fourth-order valence-electron chi connectivity index (χ4n) is 1.70.